The summed E-state index contributed by atoms with van der Waals surface area (Å²) in [6, 6.07) is 7.88. The molecule has 0 amide bonds. The number of hydrogen-bond donors (Lipinski definition) is 1. The van der Waals surface area contributed by atoms with E-state index >= 15 is 0 Å². The molecule has 0 unspecified atom stereocenters. The van der Waals surface area contributed by atoms with Gasteiger partial charge in [0.25, 0.3) is 0 Å². The Morgan fingerprint density at radius 3 is 2.44 bits per heavy atom. The Morgan fingerprint density at radius 2 is 1.78 bits per heavy atom. The van der Waals surface area contributed by atoms with Crippen molar-refractivity contribution in [2.24, 2.45) is 0 Å². The summed E-state index contributed by atoms with van der Waals surface area (Å²) in [7, 11) is 0. The topological polar surface area (TPSA) is 47.0 Å². The molecule has 0 radical (unpaired) electrons. The first-order valence-electron chi connectivity index (χ1n) is 5.99. The lowest BCUT2D eigenvalue weighted by Gasteiger charge is -2.08. The van der Waals surface area contributed by atoms with Gasteiger partial charge in [-0.25, -0.2) is 9.97 Å². The highest BCUT2D eigenvalue weighted by atomic mass is 16.5. The maximum atomic E-state index is 5.74. The van der Waals surface area contributed by atoms with Crippen molar-refractivity contribution in [1.29, 1.82) is 0 Å². The summed E-state index contributed by atoms with van der Waals surface area (Å²) in [6.45, 7) is 6.93. The molecule has 0 aliphatic heterocycles. The van der Waals surface area contributed by atoms with E-state index in [1.54, 1.807) is 6.07 Å². The van der Waals surface area contributed by atoms with Crippen LogP contribution in [0.25, 0.3) is 0 Å². The van der Waals surface area contributed by atoms with Crippen molar-refractivity contribution in [3.8, 4) is 11.6 Å². The van der Waals surface area contributed by atoms with Crippen LogP contribution in [-0.2, 0) is 0 Å². The van der Waals surface area contributed by atoms with E-state index in [1.807, 2.05) is 32.9 Å². The molecule has 0 spiro atoms. The minimum Gasteiger partial charge on any atom is -0.439 e. The molecule has 0 atom stereocenters. The molecule has 4 heteroatoms. The van der Waals surface area contributed by atoms with Gasteiger partial charge >= 0.3 is 0 Å². The number of nitrogens with one attached hydrogen (secondary N) is 1. The molecule has 94 valence electrons. The number of rotatable bonds is 4. The fourth-order valence-corrected chi connectivity index (χ4v) is 1.79. The molecule has 1 aromatic heterocycles. The number of hydrogen-bond acceptors (Lipinski definition) is 4. The molecule has 0 fully saturated rings. The normalized spacial score (nSPS) is 10.2. The summed E-state index contributed by atoms with van der Waals surface area (Å²) in [6.07, 6.45) is 1.50. The molecule has 1 heterocycles. The van der Waals surface area contributed by atoms with E-state index in [4.69, 9.17) is 4.74 Å². The summed E-state index contributed by atoms with van der Waals surface area (Å²) in [5, 5.41) is 3.13. The van der Waals surface area contributed by atoms with Crippen LogP contribution in [0.5, 0.6) is 11.6 Å². The summed E-state index contributed by atoms with van der Waals surface area (Å²) in [4.78, 5) is 8.21. The number of anilines is 1. The molecule has 1 N–H and O–H groups in total. The highest BCUT2D eigenvalue weighted by Gasteiger charge is 2.02. The number of benzene rings is 1. The molecule has 18 heavy (non-hydrogen) atoms. The van der Waals surface area contributed by atoms with Gasteiger partial charge in [-0.3, -0.25) is 0 Å². The number of aryl methyl sites for hydroxylation is 2. The van der Waals surface area contributed by atoms with Crippen LogP contribution in [0.2, 0.25) is 0 Å². The van der Waals surface area contributed by atoms with Crippen LogP contribution in [0.3, 0.4) is 0 Å². The molecular weight excluding hydrogens is 226 g/mol. The van der Waals surface area contributed by atoms with Gasteiger partial charge in [0, 0.05) is 12.6 Å². The van der Waals surface area contributed by atoms with Crippen molar-refractivity contribution >= 4 is 5.82 Å². The Hall–Kier alpha value is -2.10. The Labute approximate surface area is 107 Å². The summed E-state index contributed by atoms with van der Waals surface area (Å²) >= 11 is 0. The smallest absolute Gasteiger partial charge is 0.224 e. The fourth-order valence-electron chi connectivity index (χ4n) is 1.79. The fraction of sp³-hybridized carbons (Fsp3) is 0.286. The van der Waals surface area contributed by atoms with Gasteiger partial charge in [-0.15, -0.1) is 0 Å². The van der Waals surface area contributed by atoms with Crippen molar-refractivity contribution in [3.63, 3.8) is 0 Å². The van der Waals surface area contributed by atoms with Crippen LogP contribution in [0, 0.1) is 13.8 Å². The van der Waals surface area contributed by atoms with Gasteiger partial charge in [0.05, 0.1) is 0 Å². The largest absolute Gasteiger partial charge is 0.439 e. The minimum atomic E-state index is 0.547. The van der Waals surface area contributed by atoms with Gasteiger partial charge in [-0.1, -0.05) is 6.07 Å². The predicted molar refractivity (Wildman–Crippen MR) is 72.2 cm³/mol. The molecule has 0 saturated carbocycles. The van der Waals surface area contributed by atoms with E-state index in [0.717, 1.165) is 18.1 Å². The van der Waals surface area contributed by atoms with Gasteiger partial charge in [0.2, 0.25) is 5.88 Å². The number of aromatic nitrogens is 2. The SMILES string of the molecule is CCNc1cc(Oc2cc(C)cc(C)c2)ncn1. The van der Waals surface area contributed by atoms with Gasteiger partial charge in [-0.05, 0) is 44.0 Å². The average Bonchev–Trinajstić information content (AvgIpc) is 2.28. The molecule has 4 nitrogen and oxygen atoms in total. The van der Waals surface area contributed by atoms with Crippen LogP contribution in [0.1, 0.15) is 18.1 Å². The second-order valence-corrected chi connectivity index (χ2v) is 4.20. The third-order valence-corrected chi connectivity index (χ3v) is 2.42. The van der Waals surface area contributed by atoms with Gasteiger partial charge < -0.3 is 10.1 Å². The lowest BCUT2D eigenvalue weighted by molar-refractivity contribution is 0.461. The Bertz CT molecular complexity index is 520. The highest BCUT2D eigenvalue weighted by molar-refractivity contribution is 5.40. The van der Waals surface area contributed by atoms with Gasteiger partial charge in [-0.2, -0.15) is 0 Å². The second-order valence-electron chi connectivity index (χ2n) is 4.20. The lowest BCUT2D eigenvalue weighted by Crippen LogP contribution is -2.00. The molecule has 2 aromatic rings. The van der Waals surface area contributed by atoms with Crippen molar-refractivity contribution in [3.05, 3.63) is 41.7 Å². The van der Waals surface area contributed by atoms with E-state index in [2.05, 4.69) is 21.4 Å². The van der Waals surface area contributed by atoms with E-state index in [9.17, 15) is 0 Å². The second kappa shape index (κ2) is 5.49. The zero-order valence-corrected chi connectivity index (χ0v) is 10.9. The quantitative estimate of drug-likeness (QED) is 0.894. The molecule has 0 aliphatic rings. The van der Waals surface area contributed by atoms with E-state index < -0.39 is 0 Å². The van der Waals surface area contributed by atoms with Crippen molar-refractivity contribution < 1.29 is 4.74 Å². The average molecular weight is 243 g/mol. The van der Waals surface area contributed by atoms with Gasteiger partial charge in [0.1, 0.15) is 17.9 Å². The zero-order valence-electron chi connectivity index (χ0n) is 10.9. The maximum absolute atomic E-state index is 5.74. The van der Waals surface area contributed by atoms with Crippen LogP contribution in [-0.4, -0.2) is 16.5 Å². The Balaban J connectivity index is 2.20. The first-order valence-corrected chi connectivity index (χ1v) is 5.99. The van der Waals surface area contributed by atoms with Crippen molar-refractivity contribution in [2.75, 3.05) is 11.9 Å². The van der Waals surface area contributed by atoms with Crippen LogP contribution >= 0.6 is 0 Å². The monoisotopic (exact) mass is 243 g/mol. The van der Waals surface area contributed by atoms with E-state index in [-0.39, 0.29) is 0 Å². The van der Waals surface area contributed by atoms with E-state index in [0.29, 0.717) is 5.88 Å². The summed E-state index contributed by atoms with van der Waals surface area (Å²) in [5.74, 6) is 2.12. The standard InChI is InChI=1S/C14H17N3O/c1-4-15-13-8-14(17-9-16-13)18-12-6-10(2)5-11(3)7-12/h5-9H,4H2,1-3H3,(H,15,16,17). The number of nitrogens with zero attached hydrogens (tertiary/aromatic N) is 2. The minimum absolute atomic E-state index is 0.547. The third kappa shape index (κ3) is 3.20. The molecule has 1 aromatic carbocycles. The summed E-state index contributed by atoms with van der Waals surface area (Å²) in [5.41, 5.74) is 2.34. The molecule has 0 aliphatic carbocycles. The third-order valence-electron chi connectivity index (χ3n) is 2.42. The highest BCUT2D eigenvalue weighted by Crippen LogP contribution is 2.23. The van der Waals surface area contributed by atoms with Crippen molar-refractivity contribution in [1.82, 2.24) is 9.97 Å². The first-order chi connectivity index (χ1) is 8.67. The van der Waals surface area contributed by atoms with E-state index in [1.165, 1.54) is 17.5 Å². The lowest BCUT2D eigenvalue weighted by atomic mass is 10.1. The Kier molecular flexibility index (Phi) is 3.77. The molecule has 0 bridgehead atoms. The number of ether oxygens (including phenoxy) is 1. The molecule has 0 saturated heterocycles. The maximum Gasteiger partial charge on any atom is 0.224 e. The molecular formula is C14H17N3O. The van der Waals surface area contributed by atoms with Crippen LogP contribution < -0.4 is 10.1 Å². The van der Waals surface area contributed by atoms with Crippen molar-refractivity contribution in [2.45, 2.75) is 20.8 Å². The van der Waals surface area contributed by atoms with Crippen LogP contribution in [0.15, 0.2) is 30.6 Å². The summed E-state index contributed by atoms with van der Waals surface area (Å²) < 4.78 is 5.74. The zero-order chi connectivity index (χ0) is 13.0. The van der Waals surface area contributed by atoms with Crippen LogP contribution in [0.4, 0.5) is 5.82 Å². The first kappa shape index (κ1) is 12.4. The Morgan fingerprint density at radius 1 is 1.06 bits per heavy atom. The van der Waals surface area contributed by atoms with Gasteiger partial charge in [0.15, 0.2) is 0 Å². The predicted octanol–water partition coefficient (Wildman–Crippen LogP) is 3.32. The molecule has 2 rings (SSSR count).